The van der Waals surface area contributed by atoms with E-state index in [0.717, 1.165) is 12.5 Å². The predicted octanol–water partition coefficient (Wildman–Crippen LogP) is 3.76. The van der Waals surface area contributed by atoms with Crippen LogP contribution in [0.15, 0.2) is 47.4 Å². The molecule has 0 unspecified atom stereocenters. The first-order valence-corrected chi connectivity index (χ1v) is 11.2. The maximum absolute atomic E-state index is 14.5. The number of hydrogen-bond donors (Lipinski definition) is 1. The highest BCUT2D eigenvalue weighted by atomic mass is 35.5. The third-order valence-corrected chi connectivity index (χ3v) is 6.82. The van der Waals surface area contributed by atoms with Crippen LogP contribution in [0.2, 0.25) is 5.02 Å². The molecule has 30 heavy (non-hydrogen) atoms. The van der Waals surface area contributed by atoms with Crippen molar-refractivity contribution in [2.24, 2.45) is 7.05 Å². The van der Waals surface area contributed by atoms with Crippen molar-refractivity contribution in [2.45, 2.75) is 31.3 Å². The molecule has 0 amide bonds. The Hall–Kier alpha value is -2.49. The van der Waals surface area contributed by atoms with Crippen LogP contribution >= 0.6 is 11.6 Å². The molecule has 0 bridgehead atoms. The van der Waals surface area contributed by atoms with E-state index in [-0.39, 0.29) is 40.4 Å². The summed E-state index contributed by atoms with van der Waals surface area (Å²) in [6.07, 6.45) is 1.31. The molecule has 0 saturated heterocycles. The molecule has 3 rings (SSSR count). The van der Waals surface area contributed by atoms with Gasteiger partial charge in [0.1, 0.15) is 12.4 Å². The van der Waals surface area contributed by atoms with Gasteiger partial charge in [-0.3, -0.25) is 4.31 Å². The number of sulfonamides is 1. The van der Waals surface area contributed by atoms with Gasteiger partial charge >= 0.3 is 0 Å². The van der Waals surface area contributed by atoms with Crippen molar-refractivity contribution in [1.29, 1.82) is 0 Å². The molecular formula is C20H22ClFN4O3S. The zero-order valence-corrected chi connectivity index (χ0v) is 18.2. The first-order chi connectivity index (χ1) is 14.3. The number of aliphatic hydroxyl groups is 1. The third-order valence-electron chi connectivity index (χ3n) is 4.70. The monoisotopic (exact) mass is 452 g/mol. The van der Waals surface area contributed by atoms with Gasteiger partial charge in [-0.25, -0.2) is 12.8 Å². The van der Waals surface area contributed by atoms with Crippen LogP contribution in [0.1, 0.15) is 25.6 Å². The lowest BCUT2D eigenvalue weighted by atomic mass is 10.1. The SMILES string of the molecule is CCCCN(c1cc(F)c(Cl)cc1-c1nnc(CO)n1C)S(=O)(=O)c1ccccc1. The maximum atomic E-state index is 14.5. The van der Waals surface area contributed by atoms with Gasteiger partial charge < -0.3 is 9.67 Å². The van der Waals surface area contributed by atoms with Gasteiger partial charge in [0, 0.05) is 25.2 Å². The quantitative estimate of drug-likeness (QED) is 0.562. The lowest BCUT2D eigenvalue weighted by molar-refractivity contribution is 0.267. The Balaban J connectivity index is 2.25. The summed E-state index contributed by atoms with van der Waals surface area (Å²) in [5.41, 5.74) is 0.404. The fourth-order valence-electron chi connectivity index (χ4n) is 3.05. The summed E-state index contributed by atoms with van der Waals surface area (Å²) in [7, 11) is -2.35. The summed E-state index contributed by atoms with van der Waals surface area (Å²) < 4.78 is 44.1. The van der Waals surface area contributed by atoms with E-state index in [4.69, 9.17) is 11.6 Å². The zero-order chi connectivity index (χ0) is 21.9. The highest BCUT2D eigenvalue weighted by Gasteiger charge is 2.29. The van der Waals surface area contributed by atoms with E-state index in [0.29, 0.717) is 12.0 Å². The molecule has 160 valence electrons. The van der Waals surface area contributed by atoms with Gasteiger partial charge in [-0.15, -0.1) is 10.2 Å². The van der Waals surface area contributed by atoms with Crippen LogP contribution in [-0.2, 0) is 23.7 Å². The second-order valence-corrected chi connectivity index (χ2v) is 8.95. The van der Waals surface area contributed by atoms with Crippen LogP contribution < -0.4 is 4.31 Å². The lowest BCUT2D eigenvalue weighted by Gasteiger charge is -2.27. The number of rotatable bonds is 8. The first kappa shape index (κ1) is 22.2. The molecule has 1 aromatic heterocycles. The average molecular weight is 453 g/mol. The molecule has 0 spiro atoms. The Bertz CT molecular complexity index is 1140. The lowest BCUT2D eigenvalue weighted by Crippen LogP contribution is -2.32. The van der Waals surface area contributed by atoms with Gasteiger partial charge in [0.2, 0.25) is 0 Å². The van der Waals surface area contributed by atoms with Crippen LogP contribution in [0.25, 0.3) is 11.4 Å². The summed E-state index contributed by atoms with van der Waals surface area (Å²) in [4.78, 5) is 0.0939. The molecule has 0 aliphatic rings. The molecule has 7 nitrogen and oxygen atoms in total. The molecule has 0 saturated carbocycles. The molecule has 1 N–H and O–H groups in total. The minimum Gasteiger partial charge on any atom is -0.388 e. The van der Waals surface area contributed by atoms with E-state index in [1.165, 1.54) is 27.1 Å². The molecule has 0 aliphatic heterocycles. The number of unbranched alkanes of at least 4 members (excludes halogenated alkanes) is 1. The fraction of sp³-hybridized carbons (Fsp3) is 0.300. The summed E-state index contributed by atoms with van der Waals surface area (Å²) in [6, 6.07) is 10.4. The Morgan fingerprint density at radius 1 is 1.20 bits per heavy atom. The molecule has 1 heterocycles. The molecule has 0 fully saturated rings. The minimum atomic E-state index is -3.98. The third kappa shape index (κ3) is 4.19. The second kappa shape index (κ2) is 9.11. The number of aliphatic hydroxyl groups excluding tert-OH is 1. The van der Waals surface area contributed by atoms with Gasteiger partial charge in [0.05, 0.1) is 15.6 Å². The van der Waals surface area contributed by atoms with Crippen molar-refractivity contribution >= 4 is 27.3 Å². The molecule has 10 heteroatoms. The standard InChI is InChI=1S/C20H22ClFN4O3S/c1-3-4-10-26(30(28,29)14-8-6-5-7-9-14)18-12-17(22)16(21)11-15(18)20-24-23-19(13-27)25(20)2/h5-9,11-12,27H,3-4,10,13H2,1-2H3. The van der Waals surface area contributed by atoms with E-state index < -0.39 is 15.8 Å². The van der Waals surface area contributed by atoms with Crippen LogP contribution in [0.4, 0.5) is 10.1 Å². The number of benzene rings is 2. The topological polar surface area (TPSA) is 88.3 Å². The zero-order valence-electron chi connectivity index (χ0n) is 16.6. The molecular weight excluding hydrogens is 431 g/mol. The van der Waals surface area contributed by atoms with Crippen LogP contribution in [0.5, 0.6) is 0 Å². The largest absolute Gasteiger partial charge is 0.388 e. The number of hydrogen-bond acceptors (Lipinski definition) is 5. The van der Waals surface area contributed by atoms with Crippen LogP contribution in [0, 0.1) is 5.82 Å². The highest BCUT2D eigenvalue weighted by Crippen LogP contribution is 2.37. The Kier molecular flexibility index (Phi) is 6.74. The number of nitrogens with zero attached hydrogens (tertiary/aromatic N) is 4. The van der Waals surface area contributed by atoms with Gasteiger partial charge in [0.15, 0.2) is 11.6 Å². The molecule has 0 radical (unpaired) electrons. The van der Waals surface area contributed by atoms with Gasteiger partial charge in [-0.2, -0.15) is 0 Å². The van der Waals surface area contributed by atoms with Crippen molar-refractivity contribution in [3.8, 4) is 11.4 Å². The van der Waals surface area contributed by atoms with E-state index in [2.05, 4.69) is 10.2 Å². The number of halogens is 2. The Morgan fingerprint density at radius 3 is 2.50 bits per heavy atom. The van der Waals surface area contributed by atoms with Crippen molar-refractivity contribution in [1.82, 2.24) is 14.8 Å². The molecule has 3 aromatic rings. The van der Waals surface area contributed by atoms with Crippen molar-refractivity contribution < 1.29 is 17.9 Å². The van der Waals surface area contributed by atoms with Crippen molar-refractivity contribution in [2.75, 3.05) is 10.8 Å². The van der Waals surface area contributed by atoms with Crippen molar-refractivity contribution in [3.63, 3.8) is 0 Å². The molecule has 2 aromatic carbocycles. The Labute approximate surface area is 179 Å². The smallest absolute Gasteiger partial charge is 0.264 e. The molecule has 0 aliphatic carbocycles. The molecule has 0 atom stereocenters. The summed E-state index contributed by atoms with van der Waals surface area (Å²) in [5, 5.41) is 17.2. The van der Waals surface area contributed by atoms with Gasteiger partial charge in [-0.1, -0.05) is 43.1 Å². The maximum Gasteiger partial charge on any atom is 0.264 e. The number of anilines is 1. The summed E-state index contributed by atoms with van der Waals surface area (Å²) >= 11 is 6.02. The van der Waals surface area contributed by atoms with E-state index in [1.807, 2.05) is 6.92 Å². The second-order valence-electron chi connectivity index (χ2n) is 6.68. The predicted molar refractivity (Wildman–Crippen MR) is 113 cm³/mol. The van der Waals surface area contributed by atoms with E-state index in [9.17, 15) is 17.9 Å². The van der Waals surface area contributed by atoms with Crippen molar-refractivity contribution in [3.05, 3.63) is 59.1 Å². The normalized spacial score (nSPS) is 11.6. The first-order valence-electron chi connectivity index (χ1n) is 9.37. The highest BCUT2D eigenvalue weighted by molar-refractivity contribution is 7.92. The Morgan fingerprint density at radius 2 is 1.90 bits per heavy atom. The minimum absolute atomic E-state index is 0.0939. The van der Waals surface area contributed by atoms with Gasteiger partial charge in [-0.05, 0) is 24.6 Å². The van der Waals surface area contributed by atoms with Crippen LogP contribution in [-0.4, -0.2) is 34.8 Å². The number of aromatic nitrogens is 3. The fourth-order valence-corrected chi connectivity index (χ4v) is 4.75. The van der Waals surface area contributed by atoms with E-state index in [1.54, 1.807) is 25.2 Å². The summed E-state index contributed by atoms with van der Waals surface area (Å²) in [6.45, 7) is 1.73. The van der Waals surface area contributed by atoms with E-state index >= 15 is 0 Å². The summed E-state index contributed by atoms with van der Waals surface area (Å²) in [5.74, 6) is -0.201. The average Bonchev–Trinajstić information content (AvgIpc) is 3.11. The van der Waals surface area contributed by atoms with Gasteiger partial charge in [0.25, 0.3) is 10.0 Å². The van der Waals surface area contributed by atoms with Crippen LogP contribution in [0.3, 0.4) is 0 Å².